The van der Waals surface area contributed by atoms with Gasteiger partial charge in [0.25, 0.3) is 0 Å². The van der Waals surface area contributed by atoms with Gasteiger partial charge in [-0.3, -0.25) is 4.55 Å². The fourth-order valence-corrected chi connectivity index (χ4v) is 0. The number of rotatable bonds is 0. The zero-order valence-corrected chi connectivity index (χ0v) is 3.83. The van der Waals surface area contributed by atoms with Gasteiger partial charge in [0.1, 0.15) is 0 Å². The van der Waals surface area contributed by atoms with Crippen LogP contribution in [0.2, 0.25) is 0 Å². The van der Waals surface area contributed by atoms with Crippen LogP contribution in [-0.2, 0) is 9.15 Å². The van der Waals surface area contributed by atoms with E-state index >= 15 is 0 Å². The molecule has 0 unspecified atom stereocenters. The summed E-state index contributed by atoms with van der Waals surface area (Å²) in [7, 11) is -3.97. The standard InChI is InChI=1S/Li.H2O3S2.H/c;1-5(2,3)4;/h;(H2,1,2,3,4);. The van der Waals surface area contributed by atoms with Gasteiger partial charge in [-0.05, 0) is 11.7 Å². The molecule has 0 rings (SSSR count). The van der Waals surface area contributed by atoms with Crippen molar-refractivity contribution >= 4 is 39.7 Å². The Morgan fingerprint density at radius 1 is 1.50 bits per heavy atom. The molecular weight excluding hydrogens is 119 g/mol. The molecule has 0 aliphatic carbocycles. The molecule has 0 atom stereocenters. The Bertz CT molecular complexity index is 92.0. The molecule has 0 fully saturated rings. The molecule has 0 heterocycles. The Hall–Kier alpha value is 0.857. The number of hydrogen-bond donors (Lipinski definition) is 2. The summed E-state index contributed by atoms with van der Waals surface area (Å²) in [6.07, 6.45) is 0. The van der Waals surface area contributed by atoms with Crippen LogP contribution in [0.5, 0.6) is 0 Å². The van der Waals surface area contributed by atoms with E-state index in [1.54, 1.807) is 0 Å². The van der Waals surface area contributed by atoms with Gasteiger partial charge in [-0.15, -0.1) is 0 Å². The quantitative estimate of drug-likeness (QED) is 0.189. The molecule has 0 amide bonds. The van der Waals surface area contributed by atoms with Crippen LogP contribution in [0, 0.1) is 0 Å². The van der Waals surface area contributed by atoms with Crippen LogP contribution >= 0.6 is 11.7 Å². The summed E-state index contributed by atoms with van der Waals surface area (Å²) >= 11 is 2.65. The second-order valence-electron chi connectivity index (χ2n) is 0.448. The second kappa shape index (κ2) is 2.94. The van der Waals surface area contributed by atoms with Crippen molar-refractivity contribution in [2.45, 2.75) is 0 Å². The van der Waals surface area contributed by atoms with Crippen LogP contribution in [0.4, 0.5) is 0 Å². The van der Waals surface area contributed by atoms with Crippen LogP contribution in [0.25, 0.3) is 0 Å². The van der Waals surface area contributed by atoms with E-state index in [2.05, 4.69) is 11.7 Å². The average molecular weight is 122 g/mol. The van der Waals surface area contributed by atoms with Crippen molar-refractivity contribution in [1.29, 1.82) is 0 Å². The molecule has 0 saturated carbocycles. The minimum atomic E-state index is -3.97. The van der Waals surface area contributed by atoms with Crippen molar-refractivity contribution in [2.24, 2.45) is 0 Å². The molecule has 0 aromatic carbocycles. The predicted molar refractivity (Wildman–Crippen MR) is 27.7 cm³/mol. The van der Waals surface area contributed by atoms with E-state index in [1.807, 2.05) is 0 Å². The fourth-order valence-electron chi connectivity index (χ4n) is 0. The van der Waals surface area contributed by atoms with Crippen LogP contribution in [0.1, 0.15) is 0 Å². The van der Waals surface area contributed by atoms with Gasteiger partial charge in [0.2, 0.25) is 0 Å². The molecule has 1 N–H and O–H groups in total. The van der Waals surface area contributed by atoms with E-state index in [0.717, 1.165) is 0 Å². The van der Waals surface area contributed by atoms with E-state index < -0.39 is 9.15 Å². The summed E-state index contributed by atoms with van der Waals surface area (Å²) in [4.78, 5) is 0. The first-order valence-corrected chi connectivity index (χ1v) is 3.19. The van der Waals surface area contributed by atoms with Gasteiger partial charge in [-0.2, -0.15) is 8.42 Å². The van der Waals surface area contributed by atoms with Gasteiger partial charge in [0.05, 0.1) is 0 Å². The third kappa shape index (κ3) is 98.3. The summed E-state index contributed by atoms with van der Waals surface area (Å²) in [6.45, 7) is 0. The SMILES string of the molecule is O=S(=O)(O)S.[LiH]. The van der Waals surface area contributed by atoms with Crippen molar-refractivity contribution in [3.8, 4) is 0 Å². The molecule has 0 aliphatic rings. The van der Waals surface area contributed by atoms with Gasteiger partial charge in [0.15, 0.2) is 0 Å². The van der Waals surface area contributed by atoms with Crippen LogP contribution in [0.15, 0.2) is 0 Å². The maximum atomic E-state index is 9.05. The Balaban J connectivity index is 0. The minimum absolute atomic E-state index is 0. The normalized spacial score (nSPS) is 9.67. The molecule has 3 nitrogen and oxygen atoms in total. The Labute approximate surface area is 52.9 Å². The molecule has 6 heteroatoms. The van der Waals surface area contributed by atoms with Crippen molar-refractivity contribution in [2.75, 3.05) is 0 Å². The van der Waals surface area contributed by atoms with E-state index in [4.69, 9.17) is 13.0 Å². The predicted octanol–water partition coefficient (Wildman–Crippen LogP) is -0.929. The molecule has 0 aromatic rings. The molecule has 0 radical (unpaired) electrons. The zero-order chi connectivity index (χ0) is 4.50. The summed E-state index contributed by atoms with van der Waals surface area (Å²) in [6, 6.07) is 0. The molecule has 0 bridgehead atoms. The Morgan fingerprint density at radius 3 is 1.50 bits per heavy atom. The Morgan fingerprint density at radius 2 is 1.50 bits per heavy atom. The van der Waals surface area contributed by atoms with E-state index in [1.165, 1.54) is 0 Å². The first-order valence-electron chi connectivity index (χ1n) is 0.698. The number of hydrogen-bond acceptors (Lipinski definition) is 2. The van der Waals surface area contributed by atoms with Crippen molar-refractivity contribution < 1.29 is 13.0 Å². The first-order chi connectivity index (χ1) is 2.00. The second-order valence-corrected chi connectivity index (χ2v) is 2.73. The van der Waals surface area contributed by atoms with Crippen molar-refractivity contribution in [1.82, 2.24) is 0 Å². The molecule has 0 aromatic heterocycles. The summed E-state index contributed by atoms with van der Waals surface area (Å²) in [5.41, 5.74) is 0. The van der Waals surface area contributed by atoms with Gasteiger partial charge >= 0.3 is 28.0 Å². The topological polar surface area (TPSA) is 54.4 Å². The molecule has 6 heavy (non-hydrogen) atoms. The van der Waals surface area contributed by atoms with Gasteiger partial charge in [0, 0.05) is 0 Å². The van der Waals surface area contributed by atoms with Crippen molar-refractivity contribution in [3.63, 3.8) is 0 Å². The van der Waals surface area contributed by atoms with E-state index in [9.17, 15) is 0 Å². The fraction of sp³-hybridized carbons (Fsp3) is 0. The maximum absolute atomic E-state index is 9.05. The first kappa shape index (κ1) is 9.97. The molecule has 0 aliphatic heterocycles. The monoisotopic (exact) mass is 122 g/mol. The third-order valence-electron chi connectivity index (χ3n) is 0. The molecule has 0 saturated heterocycles. The molecule has 0 spiro atoms. The van der Waals surface area contributed by atoms with E-state index in [0.29, 0.717) is 0 Å². The van der Waals surface area contributed by atoms with Gasteiger partial charge < -0.3 is 0 Å². The third-order valence-corrected chi connectivity index (χ3v) is 0. The van der Waals surface area contributed by atoms with E-state index in [-0.39, 0.29) is 18.9 Å². The summed E-state index contributed by atoms with van der Waals surface area (Å²) in [5, 5.41) is 0. The molecular formula is H3LiO3S2. The summed E-state index contributed by atoms with van der Waals surface area (Å²) in [5.74, 6) is 0. The Kier molecular flexibility index (Phi) is 4.88. The van der Waals surface area contributed by atoms with Crippen molar-refractivity contribution in [3.05, 3.63) is 0 Å². The van der Waals surface area contributed by atoms with Crippen LogP contribution in [0.3, 0.4) is 0 Å². The van der Waals surface area contributed by atoms with Gasteiger partial charge in [-0.25, -0.2) is 0 Å². The zero-order valence-electron chi connectivity index (χ0n) is 2.12. The average Bonchev–Trinajstić information content (AvgIpc) is 0.722. The number of thiol groups is 1. The van der Waals surface area contributed by atoms with Crippen LogP contribution < -0.4 is 0 Å². The van der Waals surface area contributed by atoms with Gasteiger partial charge in [-0.1, -0.05) is 0 Å². The van der Waals surface area contributed by atoms with Crippen LogP contribution in [-0.4, -0.2) is 31.8 Å². The molecule has 34 valence electrons. The summed E-state index contributed by atoms with van der Waals surface area (Å²) < 4.78 is 25.5.